The van der Waals surface area contributed by atoms with E-state index in [1.165, 1.54) is 13.0 Å². The molecule has 1 aliphatic heterocycles. The zero-order valence-corrected chi connectivity index (χ0v) is 12.7. The van der Waals surface area contributed by atoms with Crippen LogP contribution >= 0.6 is 0 Å². The molecule has 1 heterocycles. The molecule has 3 nitrogen and oxygen atoms in total. The largest absolute Gasteiger partial charge is 0.338 e. The van der Waals surface area contributed by atoms with Crippen molar-refractivity contribution >= 4 is 5.91 Å². The van der Waals surface area contributed by atoms with Crippen LogP contribution in [0.5, 0.6) is 0 Å². The van der Waals surface area contributed by atoms with Crippen molar-refractivity contribution in [2.75, 3.05) is 20.1 Å². The molecule has 1 N–H and O–H groups in total. The Bertz CT molecular complexity index is 533. The Hall–Kier alpha value is -1.49. The molecule has 116 valence electrons. The molecule has 0 bridgehead atoms. The van der Waals surface area contributed by atoms with Crippen molar-refractivity contribution in [3.05, 3.63) is 34.9 Å². The Labute approximate surface area is 124 Å². The normalized spacial score (nSPS) is 22.4. The summed E-state index contributed by atoms with van der Waals surface area (Å²) in [6, 6.07) is 2.86. The van der Waals surface area contributed by atoms with Gasteiger partial charge in [-0.3, -0.25) is 4.79 Å². The predicted molar refractivity (Wildman–Crippen MR) is 78.2 cm³/mol. The van der Waals surface area contributed by atoms with E-state index in [1.807, 2.05) is 7.05 Å². The van der Waals surface area contributed by atoms with Gasteiger partial charge in [-0.15, -0.1) is 0 Å². The average molecular weight is 296 g/mol. The van der Waals surface area contributed by atoms with E-state index < -0.39 is 23.1 Å². The summed E-state index contributed by atoms with van der Waals surface area (Å²) >= 11 is 0. The zero-order valence-electron chi connectivity index (χ0n) is 12.7. The summed E-state index contributed by atoms with van der Waals surface area (Å²) in [5, 5.41) is 3.25. The SMILES string of the molecule is CCC1CN(C(=O)c2c(F)ccc(C)c2F)CCC1NC. The van der Waals surface area contributed by atoms with Gasteiger partial charge in [0.2, 0.25) is 0 Å². The first kappa shape index (κ1) is 15.9. The predicted octanol–water partition coefficient (Wildman–Crippen LogP) is 2.73. The second kappa shape index (κ2) is 6.52. The maximum atomic E-state index is 14.1. The minimum Gasteiger partial charge on any atom is -0.338 e. The molecule has 1 saturated heterocycles. The number of benzene rings is 1. The lowest BCUT2D eigenvalue weighted by Crippen LogP contribution is -2.50. The Balaban J connectivity index is 2.24. The van der Waals surface area contributed by atoms with Gasteiger partial charge in [-0.2, -0.15) is 0 Å². The smallest absolute Gasteiger partial charge is 0.259 e. The van der Waals surface area contributed by atoms with Crippen LogP contribution in [0.3, 0.4) is 0 Å². The first-order chi connectivity index (χ1) is 9.99. The van der Waals surface area contributed by atoms with Gasteiger partial charge in [0.25, 0.3) is 5.91 Å². The lowest BCUT2D eigenvalue weighted by atomic mass is 9.89. The summed E-state index contributed by atoms with van der Waals surface area (Å²) in [6.07, 6.45) is 1.73. The average Bonchev–Trinajstić information content (AvgIpc) is 2.50. The lowest BCUT2D eigenvalue weighted by molar-refractivity contribution is 0.0622. The molecule has 5 heteroatoms. The fraction of sp³-hybridized carbons (Fsp3) is 0.562. The van der Waals surface area contributed by atoms with Crippen molar-refractivity contribution in [2.24, 2.45) is 5.92 Å². The second-order valence-corrected chi connectivity index (χ2v) is 5.66. The van der Waals surface area contributed by atoms with Crippen molar-refractivity contribution in [3.63, 3.8) is 0 Å². The number of amides is 1. The van der Waals surface area contributed by atoms with Crippen LogP contribution in [0.15, 0.2) is 12.1 Å². The number of hydrogen-bond donors (Lipinski definition) is 1. The number of likely N-dealkylation sites (tertiary alicyclic amines) is 1. The molecule has 0 aromatic heterocycles. The Morgan fingerprint density at radius 3 is 2.76 bits per heavy atom. The first-order valence-corrected chi connectivity index (χ1v) is 7.40. The van der Waals surface area contributed by atoms with Crippen LogP contribution in [0.4, 0.5) is 8.78 Å². The summed E-state index contributed by atoms with van der Waals surface area (Å²) in [5.74, 6) is -1.76. The molecule has 1 aliphatic rings. The molecule has 0 radical (unpaired) electrons. The summed E-state index contributed by atoms with van der Waals surface area (Å²) in [4.78, 5) is 14.0. The zero-order chi connectivity index (χ0) is 15.6. The van der Waals surface area contributed by atoms with Crippen LogP contribution in [0.25, 0.3) is 0 Å². The third kappa shape index (κ3) is 3.07. The maximum Gasteiger partial charge on any atom is 0.259 e. The van der Waals surface area contributed by atoms with Crippen LogP contribution in [0, 0.1) is 24.5 Å². The first-order valence-electron chi connectivity index (χ1n) is 7.40. The quantitative estimate of drug-likeness (QED) is 0.930. The molecule has 0 aliphatic carbocycles. The topological polar surface area (TPSA) is 32.3 Å². The minimum atomic E-state index is -0.785. The maximum absolute atomic E-state index is 14.1. The molecule has 2 atom stereocenters. The number of carbonyl (C=O) groups excluding carboxylic acids is 1. The van der Waals surface area contributed by atoms with Crippen molar-refractivity contribution in [1.29, 1.82) is 0 Å². The van der Waals surface area contributed by atoms with E-state index in [9.17, 15) is 13.6 Å². The molecular formula is C16H22F2N2O. The van der Waals surface area contributed by atoms with Crippen LogP contribution in [-0.4, -0.2) is 37.0 Å². The summed E-state index contributed by atoms with van der Waals surface area (Å²) in [6.45, 7) is 4.66. The number of nitrogens with one attached hydrogen (secondary N) is 1. The Morgan fingerprint density at radius 2 is 2.14 bits per heavy atom. The van der Waals surface area contributed by atoms with Gasteiger partial charge < -0.3 is 10.2 Å². The number of aryl methyl sites for hydroxylation is 1. The van der Waals surface area contributed by atoms with E-state index in [4.69, 9.17) is 0 Å². The molecule has 2 unspecified atom stereocenters. The summed E-state index contributed by atoms with van der Waals surface area (Å²) in [7, 11) is 1.91. The number of nitrogens with zero attached hydrogens (tertiary/aromatic N) is 1. The van der Waals surface area contributed by atoms with E-state index >= 15 is 0 Å². The van der Waals surface area contributed by atoms with Crippen LogP contribution in [-0.2, 0) is 0 Å². The highest BCUT2D eigenvalue weighted by atomic mass is 19.1. The minimum absolute atomic E-state index is 0.289. The fourth-order valence-corrected chi connectivity index (χ4v) is 3.02. The van der Waals surface area contributed by atoms with Crippen LogP contribution < -0.4 is 5.32 Å². The van der Waals surface area contributed by atoms with E-state index in [0.29, 0.717) is 25.0 Å². The van der Waals surface area contributed by atoms with E-state index in [-0.39, 0.29) is 5.56 Å². The van der Waals surface area contributed by atoms with Gasteiger partial charge in [0.1, 0.15) is 17.2 Å². The highest BCUT2D eigenvalue weighted by Crippen LogP contribution is 2.24. The molecule has 1 amide bonds. The lowest BCUT2D eigenvalue weighted by Gasteiger charge is -2.38. The highest BCUT2D eigenvalue weighted by molar-refractivity contribution is 5.95. The van der Waals surface area contributed by atoms with Gasteiger partial charge in [0, 0.05) is 19.1 Å². The van der Waals surface area contributed by atoms with Crippen molar-refractivity contribution < 1.29 is 13.6 Å². The molecule has 1 aromatic rings. The van der Waals surface area contributed by atoms with Crippen molar-refractivity contribution in [2.45, 2.75) is 32.7 Å². The number of rotatable bonds is 3. The molecule has 0 saturated carbocycles. The standard InChI is InChI=1S/C16H22F2N2O/c1-4-11-9-20(8-7-13(11)19-3)16(21)14-12(17)6-5-10(2)15(14)18/h5-6,11,13,19H,4,7-9H2,1-3H3. The Kier molecular flexibility index (Phi) is 4.93. The van der Waals surface area contributed by atoms with Gasteiger partial charge in [-0.25, -0.2) is 8.78 Å². The van der Waals surface area contributed by atoms with Gasteiger partial charge in [0.05, 0.1) is 0 Å². The van der Waals surface area contributed by atoms with Gasteiger partial charge >= 0.3 is 0 Å². The molecule has 1 aromatic carbocycles. The summed E-state index contributed by atoms with van der Waals surface area (Å²) in [5.41, 5.74) is -0.135. The fourth-order valence-electron chi connectivity index (χ4n) is 3.02. The van der Waals surface area contributed by atoms with Gasteiger partial charge in [0.15, 0.2) is 0 Å². The second-order valence-electron chi connectivity index (χ2n) is 5.66. The van der Waals surface area contributed by atoms with Crippen molar-refractivity contribution in [3.8, 4) is 0 Å². The molecule has 21 heavy (non-hydrogen) atoms. The number of piperidine rings is 1. The van der Waals surface area contributed by atoms with E-state index in [1.54, 1.807) is 4.90 Å². The molecule has 2 rings (SSSR count). The van der Waals surface area contributed by atoms with Gasteiger partial charge in [-0.05, 0) is 37.9 Å². The summed E-state index contributed by atoms with van der Waals surface area (Å²) < 4.78 is 27.9. The van der Waals surface area contributed by atoms with E-state index in [0.717, 1.165) is 18.9 Å². The number of halogens is 2. The molecule has 1 fully saturated rings. The third-order valence-corrected chi connectivity index (χ3v) is 4.41. The van der Waals surface area contributed by atoms with Crippen molar-refractivity contribution in [1.82, 2.24) is 10.2 Å². The highest BCUT2D eigenvalue weighted by Gasteiger charge is 2.32. The van der Waals surface area contributed by atoms with Gasteiger partial charge in [-0.1, -0.05) is 19.4 Å². The van der Waals surface area contributed by atoms with E-state index in [2.05, 4.69) is 12.2 Å². The molecular weight excluding hydrogens is 274 g/mol. The number of hydrogen-bond acceptors (Lipinski definition) is 2. The number of carbonyl (C=O) groups is 1. The monoisotopic (exact) mass is 296 g/mol. The Morgan fingerprint density at radius 1 is 1.43 bits per heavy atom. The molecule has 0 spiro atoms. The van der Waals surface area contributed by atoms with Crippen LogP contribution in [0.1, 0.15) is 35.7 Å². The third-order valence-electron chi connectivity index (χ3n) is 4.41. The van der Waals surface area contributed by atoms with Crippen LogP contribution in [0.2, 0.25) is 0 Å².